The van der Waals surface area contributed by atoms with Gasteiger partial charge in [-0.05, 0) is 31.6 Å². The first-order chi connectivity index (χ1) is 6.98. The van der Waals surface area contributed by atoms with Crippen LogP contribution in [0.15, 0.2) is 0 Å². The lowest BCUT2D eigenvalue weighted by Gasteiger charge is -2.44. The molecular formula is C11H18F3N. The molecule has 4 unspecified atom stereocenters. The van der Waals surface area contributed by atoms with Crippen molar-refractivity contribution in [1.82, 2.24) is 5.32 Å². The molecule has 2 aliphatic rings. The molecule has 0 aromatic rings. The van der Waals surface area contributed by atoms with E-state index in [2.05, 4.69) is 5.32 Å². The maximum atomic E-state index is 12.6. The Morgan fingerprint density at radius 2 is 1.80 bits per heavy atom. The molecule has 2 rings (SSSR count). The maximum absolute atomic E-state index is 12.6. The highest BCUT2D eigenvalue weighted by Crippen LogP contribution is 2.41. The topological polar surface area (TPSA) is 12.0 Å². The summed E-state index contributed by atoms with van der Waals surface area (Å²) in [4.78, 5) is 0. The zero-order chi connectivity index (χ0) is 11.1. The monoisotopic (exact) mass is 221 g/mol. The van der Waals surface area contributed by atoms with Crippen LogP contribution in [-0.4, -0.2) is 18.3 Å². The molecule has 4 heteroatoms. The summed E-state index contributed by atoms with van der Waals surface area (Å²) in [5.74, 6) is 0.763. The third kappa shape index (κ3) is 2.30. The molecule has 0 spiro atoms. The van der Waals surface area contributed by atoms with Gasteiger partial charge in [0.05, 0.1) is 0 Å². The fraction of sp³-hybridized carbons (Fsp3) is 1.00. The van der Waals surface area contributed by atoms with Crippen LogP contribution in [0.25, 0.3) is 0 Å². The minimum absolute atomic E-state index is 0.0238. The number of hydrogen-bond acceptors (Lipinski definition) is 1. The minimum Gasteiger partial charge on any atom is -0.303 e. The largest absolute Gasteiger partial charge is 0.403 e. The van der Waals surface area contributed by atoms with Crippen molar-refractivity contribution in [3.8, 4) is 0 Å². The van der Waals surface area contributed by atoms with Gasteiger partial charge in [0.15, 0.2) is 0 Å². The number of nitrogens with one attached hydrogen (secondary N) is 1. The Morgan fingerprint density at radius 1 is 1.13 bits per heavy atom. The van der Waals surface area contributed by atoms with Crippen LogP contribution >= 0.6 is 0 Å². The first-order valence-corrected chi connectivity index (χ1v) is 5.81. The molecule has 1 heterocycles. The van der Waals surface area contributed by atoms with Gasteiger partial charge in [-0.1, -0.05) is 19.3 Å². The highest BCUT2D eigenvalue weighted by molar-refractivity contribution is 4.94. The highest BCUT2D eigenvalue weighted by atomic mass is 19.4. The number of rotatable bonds is 0. The molecule has 1 nitrogen and oxygen atoms in total. The minimum atomic E-state index is -4.07. The predicted molar refractivity (Wildman–Crippen MR) is 52.5 cm³/mol. The fourth-order valence-corrected chi connectivity index (χ4v) is 3.23. The fourth-order valence-electron chi connectivity index (χ4n) is 3.23. The summed E-state index contributed by atoms with van der Waals surface area (Å²) in [6.07, 6.45) is 0.601. The predicted octanol–water partition coefficient (Wildman–Crippen LogP) is 3.11. The average molecular weight is 221 g/mol. The van der Waals surface area contributed by atoms with Gasteiger partial charge >= 0.3 is 6.18 Å². The Kier molecular flexibility index (Phi) is 2.97. The van der Waals surface area contributed by atoms with Crippen molar-refractivity contribution in [2.75, 3.05) is 0 Å². The van der Waals surface area contributed by atoms with Gasteiger partial charge in [0, 0.05) is 6.04 Å². The SMILES string of the molecule is CC1NC(C(F)(F)F)CC2CCCCC21. The van der Waals surface area contributed by atoms with Crippen LogP contribution in [0.2, 0.25) is 0 Å². The lowest BCUT2D eigenvalue weighted by molar-refractivity contribution is -0.172. The molecule has 1 saturated carbocycles. The molecule has 0 aromatic heterocycles. The second kappa shape index (κ2) is 3.96. The van der Waals surface area contributed by atoms with E-state index in [1.54, 1.807) is 0 Å². The Morgan fingerprint density at radius 3 is 2.47 bits per heavy atom. The van der Waals surface area contributed by atoms with Crippen molar-refractivity contribution in [3.63, 3.8) is 0 Å². The van der Waals surface area contributed by atoms with Crippen molar-refractivity contribution >= 4 is 0 Å². The zero-order valence-corrected chi connectivity index (χ0v) is 8.98. The van der Waals surface area contributed by atoms with Crippen LogP contribution in [0.1, 0.15) is 39.0 Å². The molecule has 1 N–H and O–H groups in total. The molecule has 4 atom stereocenters. The average Bonchev–Trinajstić information content (AvgIpc) is 2.16. The summed E-state index contributed by atoms with van der Waals surface area (Å²) in [5, 5.41) is 2.73. The molecule has 1 aliphatic heterocycles. The van der Waals surface area contributed by atoms with Gasteiger partial charge in [-0.15, -0.1) is 0 Å². The van der Waals surface area contributed by atoms with E-state index in [0.29, 0.717) is 18.3 Å². The van der Waals surface area contributed by atoms with E-state index >= 15 is 0 Å². The molecule has 15 heavy (non-hydrogen) atoms. The van der Waals surface area contributed by atoms with Crippen LogP contribution in [0, 0.1) is 11.8 Å². The maximum Gasteiger partial charge on any atom is 0.403 e. The van der Waals surface area contributed by atoms with E-state index in [1.165, 1.54) is 6.42 Å². The Labute approximate surface area is 88.4 Å². The molecular weight excluding hydrogens is 203 g/mol. The lowest BCUT2D eigenvalue weighted by Crippen LogP contribution is -2.56. The van der Waals surface area contributed by atoms with Gasteiger partial charge in [-0.3, -0.25) is 0 Å². The summed E-state index contributed by atoms with van der Waals surface area (Å²) in [6, 6.07) is -1.25. The second-order valence-electron chi connectivity index (χ2n) is 4.99. The van der Waals surface area contributed by atoms with Crippen molar-refractivity contribution in [2.24, 2.45) is 11.8 Å². The van der Waals surface area contributed by atoms with Crippen LogP contribution in [0.4, 0.5) is 13.2 Å². The Bertz CT molecular complexity index is 226. The molecule has 0 aromatic carbocycles. The number of piperidine rings is 1. The van der Waals surface area contributed by atoms with Crippen LogP contribution < -0.4 is 5.32 Å². The van der Waals surface area contributed by atoms with E-state index in [1.807, 2.05) is 6.92 Å². The number of alkyl halides is 3. The lowest BCUT2D eigenvalue weighted by atomic mass is 9.70. The number of hydrogen-bond donors (Lipinski definition) is 1. The molecule has 0 bridgehead atoms. The van der Waals surface area contributed by atoms with Crippen LogP contribution in [-0.2, 0) is 0 Å². The smallest absolute Gasteiger partial charge is 0.303 e. The first-order valence-electron chi connectivity index (χ1n) is 5.81. The summed E-state index contributed by atoms with van der Waals surface area (Å²) in [5.41, 5.74) is 0. The Hall–Kier alpha value is -0.250. The van der Waals surface area contributed by atoms with Crippen LogP contribution in [0.5, 0.6) is 0 Å². The zero-order valence-electron chi connectivity index (χ0n) is 8.98. The van der Waals surface area contributed by atoms with Gasteiger partial charge in [-0.25, -0.2) is 0 Å². The van der Waals surface area contributed by atoms with Crippen molar-refractivity contribution in [2.45, 2.75) is 57.3 Å². The van der Waals surface area contributed by atoms with Gasteiger partial charge < -0.3 is 5.32 Å². The van der Waals surface area contributed by atoms with Crippen LogP contribution in [0.3, 0.4) is 0 Å². The molecule has 0 amide bonds. The molecule has 0 radical (unpaired) electrons. The summed E-state index contributed by atoms with van der Waals surface area (Å²) in [7, 11) is 0. The summed E-state index contributed by atoms with van der Waals surface area (Å²) in [6.45, 7) is 1.90. The van der Waals surface area contributed by atoms with E-state index in [4.69, 9.17) is 0 Å². The molecule has 2 fully saturated rings. The van der Waals surface area contributed by atoms with E-state index in [9.17, 15) is 13.2 Å². The standard InChI is InChI=1S/C11H18F3N/c1-7-9-5-3-2-4-8(9)6-10(15-7)11(12,13)14/h7-10,15H,2-6H2,1H3. The van der Waals surface area contributed by atoms with Gasteiger partial charge in [0.1, 0.15) is 6.04 Å². The van der Waals surface area contributed by atoms with E-state index in [-0.39, 0.29) is 6.04 Å². The van der Waals surface area contributed by atoms with Crippen molar-refractivity contribution < 1.29 is 13.2 Å². The molecule has 1 saturated heterocycles. The highest BCUT2D eigenvalue weighted by Gasteiger charge is 2.47. The van der Waals surface area contributed by atoms with Crippen molar-refractivity contribution in [3.05, 3.63) is 0 Å². The molecule has 1 aliphatic carbocycles. The number of fused-ring (bicyclic) bond motifs is 1. The van der Waals surface area contributed by atoms with Crippen molar-refractivity contribution in [1.29, 1.82) is 0 Å². The van der Waals surface area contributed by atoms with Gasteiger partial charge in [-0.2, -0.15) is 13.2 Å². The van der Waals surface area contributed by atoms with Gasteiger partial charge in [0.25, 0.3) is 0 Å². The normalized spacial score (nSPS) is 42.4. The summed E-state index contributed by atoms with van der Waals surface area (Å²) >= 11 is 0. The molecule has 88 valence electrons. The number of halogens is 3. The quantitative estimate of drug-likeness (QED) is 0.662. The Balaban J connectivity index is 2.05. The van der Waals surface area contributed by atoms with Gasteiger partial charge in [0.2, 0.25) is 0 Å². The first kappa shape index (κ1) is 11.2. The van der Waals surface area contributed by atoms with E-state index < -0.39 is 12.2 Å². The second-order valence-corrected chi connectivity index (χ2v) is 4.99. The third-order valence-electron chi connectivity index (χ3n) is 4.01. The van der Waals surface area contributed by atoms with E-state index in [0.717, 1.165) is 19.3 Å². The third-order valence-corrected chi connectivity index (χ3v) is 4.01. The summed E-state index contributed by atoms with van der Waals surface area (Å²) < 4.78 is 37.8.